The van der Waals surface area contributed by atoms with E-state index in [0.717, 1.165) is 12.8 Å². The lowest BCUT2D eigenvalue weighted by Gasteiger charge is -2.15. The highest BCUT2D eigenvalue weighted by atomic mass is 32.2. The quantitative estimate of drug-likeness (QED) is 0.368. The maximum atomic E-state index is 12.5. The molecule has 10 heteroatoms. The van der Waals surface area contributed by atoms with Gasteiger partial charge in [-0.15, -0.1) is 0 Å². The average molecular weight is 462 g/mol. The molecule has 3 N–H and O–H groups in total. The van der Waals surface area contributed by atoms with Gasteiger partial charge in [0.15, 0.2) is 0 Å². The molecule has 0 radical (unpaired) electrons. The van der Waals surface area contributed by atoms with Crippen molar-refractivity contribution in [3.05, 3.63) is 54.1 Å². The van der Waals surface area contributed by atoms with E-state index in [2.05, 4.69) is 15.4 Å². The van der Waals surface area contributed by atoms with Crippen LogP contribution in [0.2, 0.25) is 0 Å². The summed E-state index contributed by atoms with van der Waals surface area (Å²) in [5, 5.41) is 5.15. The molecule has 1 atom stereocenters. The van der Waals surface area contributed by atoms with Crippen molar-refractivity contribution in [2.75, 3.05) is 17.2 Å². The fraction of sp³-hybridized carbons (Fsp3) is 0.318. The topological polar surface area (TPSA) is 131 Å². The lowest BCUT2D eigenvalue weighted by atomic mass is 10.2. The van der Waals surface area contributed by atoms with Crippen LogP contribution in [0.15, 0.2) is 53.4 Å². The smallest absolute Gasteiger partial charge is 0.338 e. The van der Waals surface area contributed by atoms with E-state index in [4.69, 9.17) is 4.74 Å². The van der Waals surface area contributed by atoms with Gasteiger partial charge in [0.2, 0.25) is 21.8 Å². The Labute approximate surface area is 187 Å². The Morgan fingerprint density at radius 1 is 0.938 bits per heavy atom. The Hall–Kier alpha value is -3.24. The van der Waals surface area contributed by atoms with Gasteiger partial charge in [0, 0.05) is 18.3 Å². The van der Waals surface area contributed by atoms with Crippen molar-refractivity contribution in [2.24, 2.45) is 0 Å². The third-order valence-corrected chi connectivity index (χ3v) is 5.89. The van der Waals surface area contributed by atoms with Crippen molar-refractivity contribution < 1.29 is 27.5 Å². The Morgan fingerprint density at radius 3 is 2.06 bits per heavy atom. The van der Waals surface area contributed by atoms with E-state index in [-0.39, 0.29) is 10.8 Å². The van der Waals surface area contributed by atoms with Gasteiger partial charge in [0.05, 0.1) is 23.1 Å². The van der Waals surface area contributed by atoms with Crippen LogP contribution in [0.3, 0.4) is 0 Å². The van der Waals surface area contributed by atoms with Crippen LogP contribution in [0.4, 0.5) is 11.4 Å². The molecule has 1 unspecified atom stereocenters. The Kier molecular flexibility index (Phi) is 8.91. The third kappa shape index (κ3) is 7.47. The number of benzene rings is 2. The van der Waals surface area contributed by atoms with E-state index in [1.165, 1.54) is 62.4 Å². The van der Waals surface area contributed by atoms with Crippen LogP contribution in [0.1, 0.15) is 44.0 Å². The molecule has 2 aromatic carbocycles. The molecule has 0 aliphatic heterocycles. The monoisotopic (exact) mass is 461 g/mol. The number of sulfonamides is 1. The Morgan fingerprint density at radius 2 is 1.50 bits per heavy atom. The number of amides is 2. The zero-order valence-corrected chi connectivity index (χ0v) is 19.0. The number of hydrogen-bond acceptors (Lipinski definition) is 6. The highest BCUT2D eigenvalue weighted by molar-refractivity contribution is 7.89. The highest BCUT2D eigenvalue weighted by Gasteiger charge is 2.22. The van der Waals surface area contributed by atoms with Crippen molar-refractivity contribution in [1.82, 2.24) is 4.72 Å². The maximum absolute atomic E-state index is 12.5. The van der Waals surface area contributed by atoms with Gasteiger partial charge in [-0.05, 0) is 61.9 Å². The Bertz CT molecular complexity index is 1050. The van der Waals surface area contributed by atoms with Gasteiger partial charge in [-0.25, -0.2) is 13.2 Å². The van der Waals surface area contributed by atoms with Crippen LogP contribution < -0.4 is 15.4 Å². The number of carbonyl (C=O) groups excluding carboxylic acids is 3. The normalized spacial score (nSPS) is 12.0. The molecule has 0 heterocycles. The van der Waals surface area contributed by atoms with E-state index in [0.29, 0.717) is 23.5 Å². The van der Waals surface area contributed by atoms with E-state index in [1.807, 2.05) is 6.92 Å². The summed E-state index contributed by atoms with van der Waals surface area (Å²) in [4.78, 5) is 35.3. The number of rotatable bonds is 10. The molecule has 9 nitrogen and oxygen atoms in total. The first kappa shape index (κ1) is 25.0. The summed E-state index contributed by atoms with van der Waals surface area (Å²) in [6.45, 7) is 5.11. The summed E-state index contributed by atoms with van der Waals surface area (Å²) < 4.78 is 32.5. The molecule has 0 aliphatic rings. The van der Waals surface area contributed by atoms with Gasteiger partial charge in [0.1, 0.15) is 0 Å². The van der Waals surface area contributed by atoms with Gasteiger partial charge in [-0.1, -0.05) is 13.3 Å². The zero-order chi connectivity index (χ0) is 23.7. The predicted molar refractivity (Wildman–Crippen MR) is 121 cm³/mol. The number of nitrogens with one attached hydrogen (secondary N) is 3. The van der Waals surface area contributed by atoms with Crippen LogP contribution in [0.25, 0.3) is 0 Å². The maximum Gasteiger partial charge on any atom is 0.338 e. The summed E-state index contributed by atoms with van der Waals surface area (Å²) in [6.07, 6.45) is 1.70. The molecule has 32 heavy (non-hydrogen) atoms. The van der Waals surface area contributed by atoms with Gasteiger partial charge in [-0.2, -0.15) is 4.72 Å². The lowest BCUT2D eigenvalue weighted by molar-refractivity contribution is -0.117. The van der Waals surface area contributed by atoms with Crippen LogP contribution in [0, 0.1) is 0 Å². The van der Waals surface area contributed by atoms with Crippen molar-refractivity contribution in [2.45, 2.75) is 44.6 Å². The van der Waals surface area contributed by atoms with Crippen LogP contribution in [0.5, 0.6) is 0 Å². The van der Waals surface area contributed by atoms with Crippen molar-refractivity contribution >= 4 is 39.2 Å². The average Bonchev–Trinajstić information content (AvgIpc) is 2.74. The molecule has 2 amide bonds. The first-order chi connectivity index (χ1) is 15.1. The van der Waals surface area contributed by atoms with Gasteiger partial charge < -0.3 is 15.4 Å². The molecular weight excluding hydrogens is 434 g/mol. The second kappa shape index (κ2) is 11.4. The number of anilines is 2. The highest BCUT2D eigenvalue weighted by Crippen LogP contribution is 2.15. The summed E-state index contributed by atoms with van der Waals surface area (Å²) in [5.74, 6) is -1.28. The van der Waals surface area contributed by atoms with E-state index in [9.17, 15) is 22.8 Å². The number of ether oxygens (including phenoxy) is 1. The molecule has 0 saturated carbocycles. The fourth-order valence-electron chi connectivity index (χ4n) is 2.61. The molecule has 172 valence electrons. The summed E-state index contributed by atoms with van der Waals surface area (Å²) in [5.41, 5.74) is 1.22. The SMILES string of the molecule is CCCCOC(=O)c1ccc(NC(=O)C(C)NS(=O)(=O)c2ccc(NC(C)=O)cc2)cc1. The van der Waals surface area contributed by atoms with Crippen LogP contribution >= 0.6 is 0 Å². The Balaban J connectivity index is 1.95. The van der Waals surface area contributed by atoms with Crippen LogP contribution in [-0.4, -0.2) is 38.9 Å². The fourth-order valence-corrected chi connectivity index (χ4v) is 3.81. The molecule has 0 bridgehead atoms. The van der Waals surface area contributed by atoms with Crippen LogP contribution in [-0.2, 0) is 24.3 Å². The van der Waals surface area contributed by atoms with E-state index < -0.39 is 27.9 Å². The second-order valence-corrected chi connectivity index (χ2v) is 8.82. The molecule has 0 fully saturated rings. The summed E-state index contributed by atoms with van der Waals surface area (Å²) >= 11 is 0. The number of hydrogen-bond donors (Lipinski definition) is 3. The number of esters is 1. The first-order valence-electron chi connectivity index (χ1n) is 10.1. The van der Waals surface area contributed by atoms with E-state index in [1.54, 1.807) is 0 Å². The first-order valence-corrected chi connectivity index (χ1v) is 11.6. The van der Waals surface area contributed by atoms with E-state index >= 15 is 0 Å². The molecule has 0 aliphatic carbocycles. The minimum Gasteiger partial charge on any atom is -0.462 e. The standard InChI is InChI=1S/C22H27N3O6S/c1-4-5-14-31-22(28)17-6-8-19(9-7-17)24-21(27)15(2)25-32(29,30)20-12-10-18(11-13-20)23-16(3)26/h6-13,15,25H,4-5,14H2,1-3H3,(H,23,26)(H,24,27). The van der Waals surface area contributed by atoms with Crippen molar-refractivity contribution in [1.29, 1.82) is 0 Å². The van der Waals surface area contributed by atoms with Gasteiger partial charge in [-0.3, -0.25) is 9.59 Å². The van der Waals surface area contributed by atoms with Gasteiger partial charge in [0.25, 0.3) is 0 Å². The van der Waals surface area contributed by atoms with Crippen molar-refractivity contribution in [3.63, 3.8) is 0 Å². The largest absolute Gasteiger partial charge is 0.462 e. The van der Waals surface area contributed by atoms with Gasteiger partial charge >= 0.3 is 5.97 Å². The predicted octanol–water partition coefficient (Wildman–Crippen LogP) is 2.91. The molecule has 0 saturated heterocycles. The number of unbranched alkanes of at least 4 members (excludes halogenated alkanes) is 1. The molecular formula is C22H27N3O6S. The minimum absolute atomic E-state index is 0.0443. The molecule has 0 spiro atoms. The summed E-state index contributed by atoms with van der Waals surface area (Å²) in [7, 11) is -3.96. The second-order valence-electron chi connectivity index (χ2n) is 7.10. The molecule has 0 aromatic heterocycles. The third-order valence-electron chi connectivity index (χ3n) is 4.33. The minimum atomic E-state index is -3.96. The lowest BCUT2D eigenvalue weighted by Crippen LogP contribution is -2.41. The number of carbonyl (C=O) groups is 3. The zero-order valence-electron chi connectivity index (χ0n) is 18.2. The molecule has 2 rings (SSSR count). The summed E-state index contributed by atoms with van der Waals surface area (Å²) in [6, 6.07) is 10.6. The van der Waals surface area contributed by atoms with Crippen molar-refractivity contribution in [3.8, 4) is 0 Å². The molecule has 2 aromatic rings.